The maximum absolute atomic E-state index is 12.0. The van der Waals surface area contributed by atoms with Gasteiger partial charge in [-0.2, -0.15) is 0 Å². The van der Waals surface area contributed by atoms with Gasteiger partial charge in [-0.15, -0.1) is 0 Å². The van der Waals surface area contributed by atoms with Gasteiger partial charge in [0.05, 0.1) is 25.4 Å². The number of methoxy groups -OCH3 is 1. The van der Waals surface area contributed by atoms with E-state index in [2.05, 4.69) is 5.32 Å². The normalized spacial score (nSPS) is 10.5. The lowest BCUT2D eigenvalue weighted by atomic mass is 10.1. The fourth-order valence-corrected chi connectivity index (χ4v) is 2.25. The third-order valence-electron chi connectivity index (χ3n) is 3.73. The van der Waals surface area contributed by atoms with E-state index in [1.165, 1.54) is 0 Å². The highest BCUT2D eigenvalue weighted by molar-refractivity contribution is 5.91. The van der Waals surface area contributed by atoms with Gasteiger partial charge < -0.3 is 19.5 Å². The van der Waals surface area contributed by atoms with Gasteiger partial charge in [0.1, 0.15) is 5.75 Å². The summed E-state index contributed by atoms with van der Waals surface area (Å²) in [4.78, 5) is 23.9. The zero-order chi connectivity index (χ0) is 19.6. The summed E-state index contributed by atoms with van der Waals surface area (Å²) in [5.41, 5.74) is 2.26. The molecule has 2 aromatic rings. The SMILES string of the molecule is COc1cccc(CNC(=O)COC(=O)c2ccc(COC(C)C)cc2)c1. The molecule has 144 valence electrons. The first kappa shape index (κ1) is 20.5. The summed E-state index contributed by atoms with van der Waals surface area (Å²) in [7, 11) is 1.58. The zero-order valence-electron chi connectivity index (χ0n) is 15.9. The summed E-state index contributed by atoms with van der Waals surface area (Å²) < 4.78 is 15.7. The van der Waals surface area contributed by atoms with Crippen LogP contribution in [0.2, 0.25) is 0 Å². The number of carbonyl (C=O) groups excluding carboxylic acids is 2. The molecular weight excluding hydrogens is 346 g/mol. The van der Waals surface area contributed by atoms with Gasteiger partial charge in [-0.25, -0.2) is 4.79 Å². The van der Waals surface area contributed by atoms with Crippen molar-refractivity contribution in [3.8, 4) is 5.75 Å². The second-order valence-electron chi connectivity index (χ2n) is 6.26. The van der Waals surface area contributed by atoms with Crippen molar-refractivity contribution in [1.29, 1.82) is 0 Å². The maximum atomic E-state index is 12.0. The molecule has 6 nitrogen and oxygen atoms in total. The molecule has 27 heavy (non-hydrogen) atoms. The Labute approximate surface area is 159 Å². The average Bonchev–Trinajstić information content (AvgIpc) is 2.69. The number of rotatable bonds is 9. The van der Waals surface area contributed by atoms with Crippen molar-refractivity contribution in [3.63, 3.8) is 0 Å². The first-order valence-corrected chi connectivity index (χ1v) is 8.75. The monoisotopic (exact) mass is 371 g/mol. The summed E-state index contributed by atoms with van der Waals surface area (Å²) in [6.45, 7) is 4.41. The van der Waals surface area contributed by atoms with Crippen molar-refractivity contribution >= 4 is 11.9 Å². The van der Waals surface area contributed by atoms with Crippen molar-refractivity contribution in [2.75, 3.05) is 13.7 Å². The molecule has 0 saturated heterocycles. The summed E-state index contributed by atoms with van der Waals surface area (Å²) in [6.07, 6.45) is 0.144. The summed E-state index contributed by atoms with van der Waals surface area (Å²) in [5, 5.41) is 2.71. The molecule has 1 amide bonds. The van der Waals surface area contributed by atoms with Crippen LogP contribution >= 0.6 is 0 Å². The lowest BCUT2D eigenvalue weighted by molar-refractivity contribution is -0.124. The lowest BCUT2D eigenvalue weighted by Gasteiger charge is -2.09. The van der Waals surface area contributed by atoms with E-state index in [-0.39, 0.29) is 18.6 Å². The highest BCUT2D eigenvalue weighted by Crippen LogP contribution is 2.12. The molecule has 0 spiro atoms. The fraction of sp³-hybridized carbons (Fsp3) is 0.333. The van der Waals surface area contributed by atoms with Crippen LogP contribution in [-0.2, 0) is 27.4 Å². The van der Waals surface area contributed by atoms with Crippen LogP contribution in [0.5, 0.6) is 5.75 Å². The average molecular weight is 371 g/mol. The van der Waals surface area contributed by atoms with E-state index < -0.39 is 5.97 Å². The number of amides is 1. The largest absolute Gasteiger partial charge is 0.497 e. The van der Waals surface area contributed by atoms with Gasteiger partial charge in [0.15, 0.2) is 6.61 Å². The minimum atomic E-state index is -0.539. The van der Waals surface area contributed by atoms with Crippen LogP contribution in [0.15, 0.2) is 48.5 Å². The van der Waals surface area contributed by atoms with Gasteiger partial charge in [-0.05, 0) is 49.2 Å². The Kier molecular flexibility index (Phi) is 7.82. The third kappa shape index (κ3) is 7.11. The molecule has 2 rings (SSSR count). The second-order valence-corrected chi connectivity index (χ2v) is 6.26. The van der Waals surface area contributed by atoms with Gasteiger partial charge >= 0.3 is 5.97 Å². The number of carbonyl (C=O) groups is 2. The Balaban J connectivity index is 1.76. The van der Waals surface area contributed by atoms with Crippen LogP contribution in [0.4, 0.5) is 0 Å². The molecule has 2 aromatic carbocycles. The smallest absolute Gasteiger partial charge is 0.338 e. The van der Waals surface area contributed by atoms with E-state index >= 15 is 0 Å². The molecular formula is C21H25NO5. The van der Waals surface area contributed by atoms with Crippen LogP contribution in [0, 0.1) is 0 Å². The van der Waals surface area contributed by atoms with Crippen LogP contribution in [0.3, 0.4) is 0 Å². The van der Waals surface area contributed by atoms with Crippen molar-refractivity contribution in [2.24, 2.45) is 0 Å². The molecule has 0 saturated carbocycles. The minimum absolute atomic E-state index is 0.144. The molecule has 0 fully saturated rings. The Morgan fingerprint density at radius 1 is 1.04 bits per heavy atom. The maximum Gasteiger partial charge on any atom is 0.338 e. The van der Waals surface area contributed by atoms with E-state index in [9.17, 15) is 9.59 Å². The van der Waals surface area contributed by atoms with Crippen LogP contribution < -0.4 is 10.1 Å². The van der Waals surface area contributed by atoms with Gasteiger partial charge in [-0.1, -0.05) is 24.3 Å². The van der Waals surface area contributed by atoms with Gasteiger partial charge in [0.25, 0.3) is 5.91 Å². The molecule has 0 aliphatic carbocycles. The highest BCUT2D eigenvalue weighted by atomic mass is 16.5. The quantitative estimate of drug-likeness (QED) is 0.686. The molecule has 0 aromatic heterocycles. The first-order valence-electron chi connectivity index (χ1n) is 8.75. The Bertz CT molecular complexity index is 755. The molecule has 0 aliphatic rings. The molecule has 0 unspecified atom stereocenters. The Morgan fingerprint density at radius 2 is 1.78 bits per heavy atom. The lowest BCUT2D eigenvalue weighted by Crippen LogP contribution is -2.28. The molecule has 0 bridgehead atoms. The topological polar surface area (TPSA) is 73.9 Å². The van der Waals surface area contributed by atoms with Crippen molar-refractivity contribution < 1.29 is 23.8 Å². The van der Waals surface area contributed by atoms with Crippen LogP contribution in [0.1, 0.15) is 35.3 Å². The Hall–Kier alpha value is -2.86. The fourth-order valence-electron chi connectivity index (χ4n) is 2.25. The number of hydrogen-bond donors (Lipinski definition) is 1. The summed E-state index contributed by atoms with van der Waals surface area (Å²) in [6, 6.07) is 14.3. The standard InChI is InChI=1S/C21H25NO5/c1-15(2)26-13-16-7-9-18(10-8-16)21(24)27-14-20(23)22-12-17-5-4-6-19(11-17)25-3/h4-11,15H,12-14H2,1-3H3,(H,22,23). The van der Waals surface area contributed by atoms with Crippen LogP contribution in [0.25, 0.3) is 0 Å². The third-order valence-corrected chi connectivity index (χ3v) is 3.73. The second kappa shape index (κ2) is 10.3. The van der Waals surface area contributed by atoms with Gasteiger partial charge in [-0.3, -0.25) is 4.79 Å². The van der Waals surface area contributed by atoms with E-state index in [1.54, 1.807) is 19.2 Å². The van der Waals surface area contributed by atoms with Crippen molar-refractivity contribution in [1.82, 2.24) is 5.32 Å². The molecule has 0 aliphatic heterocycles. The summed E-state index contributed by atoms with van der Waals surface area (Å²) >= 11 is 0. The number of nitrogens with one attached hydrogen (secondary N) is 1. The molecule has 0 radical (unpaired) electrons. The molecule has 1 N–H and O–H groups in total. The first-order chi connectivity index (χ1) is 13.0. The Morgan fingerprint density at radius 3 is 2.44 bits per heavy atom. The molecule has 6 heteroatoms. The van der Waals surface area contributed by atoms with E-state index in [0.29, 0.717) is 18.7 Å². The highest BCUT2D eigenvalue weighted by Gasteiger charge is 2.10. The van der Waals surface area contributed by atoms with Crippen molar-refractivity contribution in [2.45, 2.75) is 33.1 Å². The number of ether oxygens (including phenoxy) is 3. The van der Waals surface area contributed by atoms with E-state index in [4.69, 9.17) is 14.2 Å². The van der Waals surface area contributed by atoms with Gasteiger partial charge in [0.2, 0.25) is 0 Å². The zero-order valence-corrected chi connectivity index (χ0v) is 15.9. The van der Waals surface area contributed by atoms with E-state index in [1.807, 2.05) is 50.2 Å². The van der Waals surface area contributed by atoms with E-state index in [0.717, 1.165) is 16.9 Å². The number of benzene rings is 2. The summed E-state index contributed by atoms with van der Waals surface area (Å²) in [5.74, 6) is -0.189. The van der Waals surface area contributed by atoms with Crippen molar-refractivity contribution in [3.05, 3.63) is 65.2 Å². The predicted octanol–water partition coefficient (Wildman–Crippen LogP) is 3.09. The number of esters is 1. The number of hydrogen-bond acceptors (Lipinski definition) is 5. The molecule has 0 heterocycles. The minimum Gasteiger partial charge on any atom is -0.497 e. The van der Waals surface area contributed by atoms with Crippen LogP contribution in [-0.4, -0.2) is 31.7 Å². The molecule has 0 atom stereocenters. The predicted molar refractivity (Wildman–Crippen MR) is 101 cm³/mol. The van der Waals surface area contributed by atoms with Gasteiger partial charge in [0, 0.05) is 6.54 Å².